The van der Waals surface area contributed by atoms with Gasteiger partial charge in [0.2, 0.25) is 0 Å². The monoisotopic (exact) mass is 534 g/mol. The van der Waals surface area contributed by atoms with Gasteiger partial charge in [-0.1, -0.05) is 41.5 Å². The van der Waals surface area contributed by atoms with E-state index in [1.54, 1.807) is 65.8 Å². The Kier molecular flexibility index (Phi) is 10.5. The maximum Gasteiger partial charge on any atom is 0.513 e. The molecule has 0 saturated carbocycles. The molecule has 0 bridgehead atoms. The number of benzene rings is 2. The molecule has 0 amide bonds. The molecule has 2 rings (SSSR count). The Hall–Kier alpha value is -3.83. The van der Waals surface area contributed by atoms with Gasteiger partial charge >= 0.3 is 18.1 Å². The van der Waals surface area contributed by atoms with Gasteiger partial charge in [0.25, 0.3) is 12.6 Å². The fourth-order valence-electron chi connectivity index (χ4n) is 2.61. The van der Waals surface area contributed by atoms with E-state index in [0.29, 0.717) is 11.5 Å². The molecule has 0 fully saturated rings. The fraction of sp³-hybridized carbons (Fsp3) is 0.444. The molecule has 2 unspecified atom stereocenters. The van der Waals surface area contributed by atoms with Gasteiger partial charge in [-0.15, -0.1) is 9.78 Å². The highest BCUT2D eigenvalue weighted by atomic mass is 17.2. The van der Waals surface area contributed by atoms with Gasteiger partial charge in [-0.25, -0.2) is 14.4 Å². The summed E-state index contributed by atoms with van der Waals surface area (Å²) in [4.78, 5) is 57.4. The normalized spacial score (nSPS) is 13.1. The molecule has 208 valence electrons. The predicted octanol–water partition coefficient (Wildman–Crippen LogP) is 5.48. The summed E-state index contributed by atoms with van der Waals surface area (Å²) in [6, 6.07) is 12.3. The molecule has 2 aromatic rings. The third-order valence-electron chi connectivity index (χ3n) is 4.89. The first-order valence-corrected chi connectivity index (χ1v) is 11.6. The Morgan fingerprint density at radius 3 is 1.16 bits per heavy atom. The number of hydrogen-bond donors (Lipinski definition) is 0. The topological polar surface area (TPSA) is 125 Å². The lowest BCUT2D eigenvalue weighted by molar-refractivity contribution is -0.371. The fourth-order valence-corrected chi connectivity index (χ4v) is 2.61. The summed E-state index contributed by atoms with van der Waals surface area (Å²) in [5.41, 5.74) is -1.25. The van der Waals surface area contributed by atoms with Gasteiger partial charge in [0.15, 0.2) is 0 Å². The number of carbonyl (C=O) groups is 3. The quantitative estimate of drug-likeness (QED) is 0.166. The van der Waals surface area contributed by atoms with Crippen LogP contribution >= 0.6 is 0 Å². The van der Waals surface area contributed by atoms with E-state index in [2.05, 4.69) is 0 Å². The zero-order chi connectivity index (χ0) is 28.5. The van der Waals surface area contributed by atoms with Crippen LogP contribution in [-0.2, 0) is 29.0 Å². The van der Waals surface area contributed by atoms with E-state index in [4.69, 9.17) is 38.5 Å². The lowest BCUT2D eigenvalue weighted by atomic mass is 9.96. The Bertz CT molecular complexity index is 979. The highest BCUT2D eigenvalue weighted by molar-refractivity contribution is 5.89. The molecule has 0 N–H and O–H groups in total. The van der Waals surface area contributed by atoms with Crippen LogP contribution in [0.2, 0.25) is 0 Å². The molecular formula is C27H34O11. The zero-order valence-corrected chi connectivity index (χ0v) is 22.8. The van der Waals surface area contributed by atoms with E-state index in [1.807, 2.05) is 0 Å². The van der Waals surface area contributed by atoms with Crippen LogP contribution in [0.3, 0.4) is 0 Å². The molecule has 2 aromatic carbocycles. The molecule has 0 radical (unpaired) electrons. The summed E-state index contributed by atoms with van der Waals surface area (Å²) in [6.07, 6.45) is -3.90. The summed E-state index contributed by atoms with van der Waals surface area (Å²) in [6.45, 7) is 10.2. The molecule has 0 aliphatic rings. The highest BCUT2D eigenvalue weighted by Crippen LogP contribution is 2.28. The number of rotatable bonds is 10. The van der Waals surface area contributed by atoms with Crippen LogP contribution in [0.5, 0.6) is 11.5 Å². The number of carbonyl (C=O) groups excluding carboxylic acids is 3. The van der Waals surface area contributed by atoms with E-state index in [-0.39, 0.29) is 11.1 Å². The molecule has 11 heteroatoms. The Morgan fingerprint density at radius 1 is 0.579 bits per heavy atom. The van der Waals surface area contributed by atoms with Crippen LogP contribution in [0.25, 0.3) is 0 Å². The van der Waals surface area contributed by atoms with E-state index < -0.39 is 41.5 Å². The third-order valence-corrected chi connectivity index (χ3v) is 4.89. The highest BCUT2D eigenvalue weighted by Gasteiger charge is 2.37. The Morgan fingerprint density at radius 2 is 0.895 bits per heavy atom. The summed E-state index contributed by atoms with van der Waals surface area (Å²) in [5, 5.41) is 0. The summed E-state index contributed by atoms with van der Waals surface area (Å²) in [7, 11) is 3.00. The molecular weight excluding hydrogens is 500 g/mol. The minimum Gasteiger partial charge on any atom is -0.497 e. The van der Waals surface area contributed by atoms with E-state index in [1.165, 1.54) is 38.5 Å². The molecule has 11 nitrogen and oxygen atoms in total. The minimum atomic E-state index is -1.35. The van der Waals surface area contributed by atoms with Gasteiger partial charge in [0.05, 0.1) is 25.3 Å². The van der Waals surface area contributed by atoms with Crippen LogP contribution < -0.4 is 9.47 Å². The molecule has 0 spiro atoms. The van der Waals surface area contributed by atoms with Crippen molar-refractivity contribution in [2.45, 2.75) is 54.1 Å². The van der Waals surface area contributed by atoms with Crippen molar-refractivity contribution in [1.82, 2.24) is 0 Å². The first-order valence-electron chi connectivity index (χ1n) is 11.6. The van der Waals surface area contributed by atoms with Crippen LogP contribution in [-0.4, -0.2) is 44.9 Å². The standard InChI is InChI=1S/C27H34O11/c1-26(2,3)23(37-35-21(28)17-9-13-19(31-7)14-10-17)33-25(30)34-24(27(4,5)6)38-36-22(29)18-11-15-20(32-8)16-12-18/h9-16,23-24H,1-8H3. The van der Waals surface area contributed by atoms with Crippen LogP contribution in [0.1, 0.15) is 62.3 Å². The lowest BCUT2D eigenvalue weighted by Gasteiger charge is -2.30. The maximum absolute atomic E-state index is 12.6. The van der Waals surface area contributed by atoms with E-state index in [0.717, 1.165) is 0 Å². The minimum absolute atomic E-state index is 0.195. The molecule has 0 aromatic heterocycles. The van der Waals surface area contributed by atoms with Crippen molar-refractivity contribution in [3.05, 3.63) is 59.7 Å². The first-order chi connectivity index (χ1) is 17.7. The zero-order valence-electron chi connectivity index (χ0n) is 22.8. The Balaban J connectivity index is 1.99. The average Bonchev–Trinajstić information content (AvgIpc) is 2.87. The number of ether oxygens (including phenoxy) is 4. The van der Waals surface area contributed by atoms with Crippen LogP contribution in [0.15, 0.2) is 48.5 Å². The first kappa shape index (κ1) is 30.4. The van der Waals surface area contributed by atoms with Crippen LogP contribution in [0, 0.1) is 10.8 Å². The SMILES string of the molecule is COc1ccc(C(=O)OOC(OC(=O)OC(OOC(=O)c2ccc(OC)cc2)C(C)(C)C)C(C)(C)C)cc1. The van der Waals surface area contributed by atoms with Crippen molar-refractivity contribution < 1.29 is 52.9 Å². The maximum atomic E-state index is 12.6. The lowest BCUT2D eigenvalue weighted by Crippen LogP contribution is -2.39. The molecule has 2 atom stereocenters. The summed E-state index contributed by atoms with van der Waals surface area (Å²) >= 11 is 0. The van der Waals surface area contributed by atoms with Gasteiger partial charge in [-0.05, 0) is 48.5 Å². The number of methoxy groups -OCH3 is 2. The van der Waals surface area contributed by atoms with Crippen molar-refractivity contribution in [2.75, 3.05) is 14.2 Å². The molecule has 0 aliphatic heterocycles. The molecule has 0 saturated heterocycles. The molecule has 0 heterocycles. The van der Waals surface area contributed by atoms with Crippen molar-refractivity contribution in [1.29, 1.82) is 0 Å². The second-order valence-electron chi connectivity index (χ2n) is 10.3. The second-order valence-corrected chi connectivity index (χ2v) is 10.3. The van der Waals surface area contributed by atoms with Gasteiger partial charge in [-0.2, -0.15) is 0 Å². The average molecular weight is 535 g/mol. The van der Waals surface area contributed by atoms with Crippen molar-refractivity contribution >= 4 is 18.1 Å². The van der Waals surface area contributed by atoms with Gasteiger partial charge in [-0.3, -0.25) is 9.78 Å². The largest absolute Gasteiger partial charge is 0.513 e. The number of hydrogen-bond acceptors (Lipinski definition) is 11. The predicted molar refractivity (Wildman–Crippen MR) is 133 cm³/mol. The summed E-state index contributed by atoms with van der Waals surface area (Å²) in [5.74, 6) is -0.488. The summed E-state index contributed by atoms with van der Waals surface area (Å²) < 4.78 is 20.6. The van der Waals surface area contributed by atoms with E-state index >= 15 is 0 Å². The van der Waals surface area contributed by atoms with E-state index in [9.17, 15) is 14.4 Å². The van der Waals surface area contributed by atoms with Crippen molar-refractivity contribution in [3.8, 4) is 11.5 Å². The van der Waals surface area contributed by atoms with Crippen LogP contribution in [0.4, 0.5) is 4.79 Å². The second kappa shape index (κ2) is 13.1. The van der Waals surface area contributed by atoms with Gasteiger partial charge < -0.3 is 18.9 Å². The smallest absolute Gasteiger partial charge is 0.497 e. The van der Waals surface area contributed by atoms with Gasteiger partial charge in [0, 0.05) is 10.8 Å². The van der Waals surface area contributed by atoms with Gasteiger partial charge in [0.1, 0.15) is 11.5 Å². The van der Waals surface area contributed by atoms with Crippen molar-refractivity contribution in [2.24, 2.45) is 10.8 Å². The Labute approximate surface area is 221 Å². The molecule has 38 heavy (non-hydrogen) atoms. The molecule has 0 aliphatic carbocycles. The third kappa shape index (κ3) is 9.24. The van der Waals surface area contributed by atoms with Crippen molar-refractivity contribution in [3.63, 3.8) is 0 Å².